The van der Waals surface area contributed by atoms with Crippen molar-refractivity contribution >= 4 is 18.3 Å². The summed E-state index contributed by atoms with van der Waals surface area (Å²) in [7, 11) is 0. The van der Waals surface area contributed by atoms with Crippen LogP contribution in [-0.4, -0.2) is 29.9 Å². The molecule has 72 valence electrons. The molecule has 1 saturated heterocycles. The number of halogens is 1. The van der Waals surface area contributed by atoms with Gasteiger partial charge >= 0.3 is 0 Å². The smallest absolute Gasteiger partial charge is 0.219 e. The molecular weight excluding hydrogens is 178 g/mol. The normalized spacial score (nSPS) is 23.2. The van der Waals surface area contributed by atoms with Crippen LogP contribution in [0.4, 0.5) is 0 Å². The number of nitrogens with zero attached hydrogens (tertiary/aromatic N) is 1. The zero-order valence-corrected chi connectivity index (χ0v) is 8.06. The van der Waals surface area contributed by atoms with Gasteiger partial charge in [-0.2, -0.15) is 0 Å². The highest BCUT2D eigenvalue weighted by atomic mass is 35.5. The Hall–Kier alpha value is -0.320. The van der Waals surface area contributed by atoms with Crippen molar-refractivity contribution in [3.63, 3.8) is 0 Å². The summed E-state index contributed by atoms with van der Waals surface area (Å²) in [5.74, 6) is 5.42. The summed E-state index contributed by atoms with van der Waals surface area (Å²) >= 11 is 0. The van der Waals surface area contributed by atoms with Gasteiger partial charge in [0.2, 0.25) is 5.91 Å². The fraction of sp³-hybridized carbons (Fsp3) is 0.857. The number of amides is 1. The van der Waals surface area contributed by atoms with Crippen LogP contribution in [0.1, 0.15) is 19.8 Å². The molecule has 0 spiro atoms. The largest absolute Gasteiger partial charge is 0.341 e. The van der Waals surface area contributed by atoms with Crippen molar-refractivity contribution in [2.24, 2.45) is 5.84 Å². The molecule has 0 aliphatic carbocycles. The predicted octanol–water partition coefficient (Wildman–Crippen LogP) is -0.118. The molecule has 1 fully saturated rings. The fourth-order valence-electron chi connectivity index (χ4n) is 1.40. The molecule has 1 aliphatic rings. The zero-order chi connectivity index (χ0) is 8.27. The summed E-state index contributed by atoms with van der Waals surface area (Å²) in [6.07, 6.45) is 2.12. The fourth-order valence-corrected chi connectivity index (χ4v) is 1.40. The summed E-state index contributed by atoms with van der Waals surface area (Å²) in [5.41, 5.74) is 2.69. The van der Waals surface area contributed by atoms with Crippen LogP contribution in [0, 0.1) is 0 Å². The Morgan fingerprint density at radius 2 is 2.33 bits per heavy atom. The second-order valence-corrected chi connectivity index (χ2v) is 2.97. The maximum Gasteiger partial charge on any atom is 0.219 e. The van der Waals surface area contributed by atoms with E-state index in [-0.39, 0.29) is 24.4 Å². The highest BCUT2D eigenvalue weighted by molar-refractivity contribution is 5.85. The number of hydrogen-bond acceptors (Lipinski definition) is 3. The van der Waals surface area contributed by atoms with Gasteiger partial charge < -0.3 is 4.90 Å². The molecule has 1 atom stereocenters. The van der Waals surface area contributed by atoms with Crippen molar-refractivity contribution in [2.75, 3.05) is 13.1 Å². The van der Waals surface area contributed by atoms with Gasteiger partial charge in [0.15, 0.2) is 0 Å². The van der Waals surface area contributed by atoms with Gasteiger partial charge in [-0.15, -0.1) is 12.4 Å². The third-order valence-corrected chi connectivity index (χ3v) is 2.10. The van der Waals surface area contributed by atoms with E-state index in [2.05, 4.69) is 5.43 Å². The van der Waals surface area contributed by atoms with Crippen LogP contribution >= 0.6 is 12.4 Å². The standard InChI is InChI=1S/C7H15N3O.ClH/c1-6(11)10-4-2-3-7(5-10)9-8;/h7,9H,2-5,8H2,1H3;1H. The summed E-state index contributed by atoms with van der Waals surface area (Å²) in [5, 5.41) is 0. The number of hydrazine groups is 1. The molecule has 0 aromatic carbocycles. The number of rotatable bonds is 1. The second kappa shape index (κ2) is 5.35. The van der Waals surface area contributed by atoms with Crippen molar-refractivity contribution < 1.29 is 4.79 Å². The van der Waals surface area contributed by atoms with Crippen LogP contribution in [-0.2, 0) is 4.79 Å². The van der Waals surface area contributed by atoms with Crippen molar-refractivity contribution in [1.82, 2.24) is 10.3 Å². The van der Waals surface area contributed by atoms with Gasteiger partial charge in [-0.05, 0) is 12.8 Å². The van der Waals surface area contributed by atoms with Crippen molar-refractivity contribution in [1.29, 1.82) is 0 Å². The van der Waals surface area contributed by atoms with E-state index in [0.29, 0.717) is 0 Å². The zero-order valence-electron chi connectivity index (χ0n) is 7.25. The van der Waals surface area contributed by atoms with Crippen LogP contribution in [0.15, 0.2) is 0 Å². The highest BCUT2D eigenvalue weighted by Crippen LogP contribution is 2.08. The van der Waals surface area contributed by atoms with Crippen molar-refractivity contribution in [3.05, 3.63) is 0 Å². The average molecular weight is 194 g/mol. The molecular formula is C7H16ClN3O. The number of nitrogens with two attached hydrogens (primary N) is 1. The maximum atomic E-state index is 10.9. The molecule has 1 heterocycles. The minimum Gasteiger partial charge on any atom is -0.341 e. The monoisotopic (exact) mass is 193 g/mol. The predicted molar refractivity (Wildman–Crippen MR) is 49.8 cm³/mol. The molecule has 5 heteroatoms. The quantitative estimate of drug-likeness (QED) is 0.451. The Bertz CT molecular complexity index is 154. The van der Waals surface area contributed by atoms with E-state index in [1.165, 1.54) is 0 Å². The minimum absolute atomic E-state index is 0. The lowest BCUT2D eigenvalue weighted by Gasteiger charge is -2.31. The van der Waals surface area contributed by atoms with Crippen LogP contribution < -0.4 is 11.3 Å². The molecule has 12 heavy (non-hydrogen) atoms. The number of carbonyl (C=O) groups excluding carboxylic acids is 1. The first-order valence-corrected chi connectivity index (χ1v) is 3.95. The maximum absolute atomic E-state index is 10.9. The van der Waals surface area contributed by atoms with Crippen LogP contribution in [0.5, 0.6) is 0 Å². The lowest BCUT2D eigenvalue weighted by molar-refractivity contribution is -0.130. The summed E-state index contributed by atoms with van der Waals surface area (Å²) in [6, 6.07) is 0.285. The molecule has 0 bridgehead atoms. The summed E-state index contributed by atoms with van der Waals surface area (Å²) in [4.78, 5) is 12.7. The molecule has 1 unspecified atom stereocenters. The lowest BCUT2D eigenvalue weighted by Crippen LogP contribution is -2.49. The van der Waals surface area contributed by atoms with E-state index in [1.54, 1.807) is 6.92 Å². The number of carbonyl (C=O) groups is 1. The van der Waals surface area contributed by atoms with Crippen LogP contribution in [0.25, 0.3) is 0 Å². The topological polar surface area (TPSA) is 58.4 Å². The molecule has 0 aromatic heterocycles. The first-order valence-electron chi connectivity index (χ1n) is 3.95. The van der Waals surface area contributed by atoms with E-state index >= 15 is 0 Å². The first-order chi connectivity index (χ1) is 5.24. The molecule has 1 rings (SSSR count). The van der Waals surface area contributed by atoms with Gasteiger partial charge in [-0.3, -0.25) is 16.1 Å². The Labute approximate surface area is 78.9 Å². The van der Waals surface area contributed by atoms with Crippen LogP contribution in [0.3, 0.4) is 0 Å². The van der Waals surface area contributed by atoms with E-state index < -0.39 is 0 Å². The highest BCUT2D eigenvalue weighted by Gasteiger charge is 2.19. The molecule has 1 amide bonds. The second-order valence-electron chi connectivity index (χ2n) is 2.97. The lowest BCUT2D eigenvalue weighted by atomic mass is 10.1. The Morgan fingerprint density at radius 1 is 1.67 bits per heavy atom. The number of piperidine rings is 1. The SMILES string of the molecule is CC(=O)N1CCCC(NN)C1.Cl. The van der Waals surface area contributed by atoms with Crippen molar-refractivity contribution in [2.45, 2.75) is 25.8 Å². The van der Waals surface area contributed by atoms with E-state index in [9.17, 15) is 4.79 Å². The van der Waals surface area contributed by atoms with E-state index in [1.807, 2.05) is 4.90 Å². The van der Waals surface area contributed by atoms with Gasteiger partial charge in [0.1, 0.15) is 0 Å². The van der Waals surface area contributed by atoms with E-state index in [4.69, 9.17) is 5.84 Å². The molecule has 1 aliphatic heterocycles. The van der Waals surface area contributed by atoms with Gasteiger partial charge in [0.05, 0.1) is 0 Å². The summed E-state index contributed by atoms with van der Waals surface area (Å²) < 4.78 is 0. The van der Waals surface area contributed by atoms with Gasteiger partial charge in [0.25, 0.3) is 0 Å². The Morgan fingerprint density at radius 3 is 2.83 bits per heavy atom. The molecule has 3 N–H and O–H groups in total. The Kier molecular flexibility index (Phi) is 5.20. The molecule has 0 aromatic rings. The van der Waals surface area contributed by atoms with Crippen LogP contribution in [0.2, 0.25) is 0 Å². The van der Waals surface area contributed by atoms with Gasteiger partial charge in [0, 0.05) is 26.1 Å². The molecule has 4 nitrogen and oxygen atoms in total. The Balaban J connectivity index is 0.00000121. The van der Waals surface area contributed by atoms with E-state index in [0.717, 1.165) is 25.9 Å². The molecule has 0 saturated carbocycles. The summed E-state index contributed by atoms with van der Waals surface area (Å²) in [6.45, 7) is 3.23. The first kappa shape index (κ1) is 11.7. The van der Waals surface area contributed by atoms with Gasteiger partial charge in [-0.25, -0.2) is 0 Å². The van der Waals surface area contributed by atoms with Gasteiger partial charge in [-0.1, -0.05) is 0 Å². The average Bonchev–Trinajstić information content (AvgIpc) is 2.05. The number of hydrogen-bond donors (Lipinski definition) is 2. The third kappa shape index (κ3) is 2.97. The number of likely N-dealkylation sites (tertiary alicyclic amines) is 1. The minimum atomic E-state index is 0. The third-order valence-electron chi connectivity index (χ3n) is 2.10. The van der Waals surface area contributed by atoms with Crippen molar-refractivity contribution in [3.8, 4) is 0 Å². The molecule has 0 radical (unpaired) electrons. The number of nitrogens with one attached hydrogen (secondary N) is 1.